The summed E-state index contributed by atoms with van der Waals surface area (Å²) in [4.78, 5) is 10.9. The molecule has 16 heavy (non-hydrogen) atoms. The molecular weight excluding hydrogens is 229 g/mol. The van der Waals surface area contributed by atoms with Crippen molar-refractivity contribution in [3.63, 3.8) is 0 Å². The summed E-state index contributed by atoms with van der Waals surface area (Å²) in [5.74, 6) is -4.27. The molecule has 0 saturated carbocycles. The van der Waals surface area contributed by atoms with Gasteiger partial charge in [-0.05, 0) is 0 Å². The van der Waals surface area contributed by atoms with Gasteiger partial charge in [0.15, 0.2) is 0 Å². The van der Waals surface area contributed by atoms with E-state index in [1.807, 2.05) is 0 Å². The quantitative estimate of drug-likeness (QED) is 0.769. The third-order valence-corrected chi connectivity index (χ3v) is 1.77. The number of phenols is 2. The van der Waals surface area contributed by atoms with Crippen LogP contribution in [0.1, 0.15) is 10.4 Å². The van der Waals surface area contributed by atoms with Crippen molar-refractivity contribution in [3.05, 3.63) is 17.7 Å². The molecule has 1 aromatic carbocycles. The Morgan fingerprint density at radius 2 is 1.88 bits per heavy atom. The molecule has 0 aromatic heterocycles. The number of benzene rings is 1. The molecule has 0 atom stereocenters. The van der Waals surface area contributed by atoms with E-state index in [9.17, 15) is 23.1 Å². The zero-order valence-corrected chi connectivity index (χ0v) is 8.00. The Hall–Kier alpha value is -1.92. The number of hydrogen-bond acceptors (Lipinski definition) is 4. The number of rotatable bonds is 2. The first kappa shape index (κ1) is 12.2. The van der Waals surface area contributed by atoms with Crippen LogP contribution in [0.15, 0.2) is 12.1 Å². The van der Waals surface area contributed by atoms with Crippen molar-refractivity contribution in [1.29, 1.82) is 0 Å². The van der Waals surface area contributed by atoms with Gasteiger partial charge >= 0.3 is 6.18 Å². The molecule has 0 spiro atoms. The Bertz CT molecular complexity index is 425. The van der Waals surface area contributed by atoms with Crippen LogP contribution in [0.5, 0.6) is 17.2 Å². The number of alkyl halides is 3. The van der Waals surface area contributed by atoms with Crippen molar-refractivity contribution in [2.24, 2.45) is 0 Å². The van der Waals surface area contributed by atoms with Crippen LogP contribution in [0.2, 0.25) is 0 Å². The fourth-order valence-corrected chi connectivity index (χ4v) is 1.12. The van der Waals surface area contributed by atoms with Crippen LogP contribution in [0.4, 0.5) is 13.2 Å². The van der Waals surface area contributed by atoms with Crippen LogP contribution in [-0.2, 0) is 0 Å². The molecule has 88 valence electrons. The smallest absolute Gasteiger partial charge is 0.455 e. The summed E-state index contributed by atoms with van der Waals surface area (Å²) in [6.45, 7) is 0. The predicted octanol–water partition coefficient (Wildman–Crippen LogP) is 1.85. The van der Waals surface area contributed by atoms with Gasteiger partial charge in [0.25, 0.3) is 5.78 Å². The summed E-state index contributed by atoms with van der Waals surface area (Å²) in [7, 11) is 1.02. The highest BCUT2D eigenvalue weighted by Gasteiger charge is 2.42. The van der Waals surface area contributed by atoms with Gasteiger partial charge in [-0.3, -0.25) is 4.79 Å². The normalized spacial score (nSPS) is 11.2. The van der Waals surface area contributed by atoms with E-state index in [2.05, 4.69) is 4.74 Å². The summed E-state index contributed by atoms with van der Waals surface area (Å²) >= 11 is 0. The molecule has 0 aliphatic heterocycles. The van der Waals surface area contributed by atoms with Gasteiger partial charge in [0.1, 0.15) is 22.8 Å². The Morgan fingerprint density at radius 3 is 2.31 bits per heavy atom. The molecule has 2 N–H and O–H groups in total. The molecule has 0 fully saturated rings. The monoisotopic (exact) mass is 236 g/mol. The van der Waals surface area contributed by atoms with Crippen molar-refractivity contribution < 1.29 is 32.9 Å². The maximum Gasteiger partial charge on any atom is 0.455 e. The van der Waals surface area contributed by atoms with Crippen molar-refractivity contribution in [2.75, 3.05) is 7.11 Å². The molecular formula is C9H7F3O4. The second-order valence-corrected chi connectivity index (χ2v) is 2.87. The first-order valence-electron chi connectivity index (χ1n) is 3.99. The molecule has 1 aromatic rings. The van der Waals surface area contributed by atoms with Gasteiger partial charge in [-0.25, -0.2) is 0 Å². The number of Topliss-reactive ketones (excluding diaryl/α,β-unsaturated/α-hetero) is 1. The predicted molar refractivity (Wildman–Crippen MR) is 46.7 cm³/mol. The van der Waals surface area contributed by atoms with Crippen LogP contribution in [0, 0.1) is 0 Å². The minimum Gasteiger partial charge on any atom is -0.508 e. The maximum absolute atomic E-state index is 12.2. The Kier molecular flexibility index (Phi) is 2.97. The minimum absolute atomic E-state index is 0.506. The van der Waals surface area contributed by atoms with Gasteiger partial charge in [0.2, 0.25) is 0 Å². The van der Waals surface area contributed by atoms with Gasteiger partial charge < -0.3 is 14.9 Å². The van der Waals surface area contributed by atoms with Crippen LogP contribution < -0.4 is 4.74 Å². The number of carbonyl (C=O) groups excluding carboxylic acids is 1. The molecule has 4 nitrogen and oxygen atoms in total. The molecule has 1 rings (SSSR count). The summed E-state index contributed by atoms with van der Waals surface area (Å²) in [5.41, 5.74) is -1.02. The first-order chi connectivity index (χ1) is 7.27. The zero-order valence-electron chi connectivity index (χ0n) is 8.00. The average Bonchev–Trinajstić information content (AvgIpc) is 2.14. The lowest BCUT2D eigenvalue weighted by atomic mass is 10.1. The molecule has 7 heteroatoms. The van der Waals surface area contributed by atoms with Crippen molar-refractivity contribution in [3.8, 4) is 17.2 Å². The Labute approximate surface area is 87.9 Å². The highest BCUT2D eigenvalue weighted by atomic mass is 19.4. The first-order valence-corrected chi connectivity index (χ1v) is 3.99. The van der Waals surface area contributed by atoms with E-state index in [-0.39, 0.29) is 0 Å². The number of phenolic OH excluding ortho intramolecular Hbond substituents is 2. The van der Waals surface area contributed by atoms with Gasteiger partial charge in [-0.1, -0.05) is 0 Å². The largest absolute Gasteiger partial charge is 0.508 e. The van der Waals surface area contributed by atoms with E-state index in [0.717, 1.165) is 13.2 Å². The van der Waals surface area contributed by atoms with Gasteiger partial charge in [0.05, 0.1) is 7.11 Å². The lowest BCUT2D eigenvalue weighted by Gasteiger charge is -2.11. The van der Waals surface area contributed by atoms with E-state index >= 15 is 0 Å². The molecule has 0 amide bonds. The van der Waals surface area contributed by atoms with Gasteiger partial charge in [-0.15, -0.1) is 0 Å². The van der Waals surface area contributed by atoms with Gasteiger partial charge in [-0.2, -0.15) is 13.2 Å². The number of aromatic hydroxyl groups is 2. The summed E-state index contributed by atoms with van der Waals surface area (Å²) < 4.78 is 40.9. The summed E-state index contributed by atoms with van der Waals surface area (Å²) in [6, 6.07) is 1.43. The Morgan fingerprint density at radius 1 is 1.31 bits per heavy atom. The maximum atomic E-state index is 12.2. The number of ether oxygens (including phenoxy) is 1. The molecule has 0 aliphatic carbocycles. The van der Waals surface area contributed by atoms with E-state index in [0.29, 0.717) is 6.07 Å². The lowest BCUT2D eigenvalue weighted by Crippen LogP contribution is -2.23. The van der Waals surface area contributed by atoms with Crippen molar-refractivity contribution in [1.82, 2.24) is 0 Å². The third kappa shape index (κ3) is 2.18. The minimum atomic E-state index is -5.12. The van der Waals surface area contributed by atoms with Crippen molar-refractivity contribution in [2.45, 2.75) is 6.18 Å². The lowest BCUT2D eigenvalue weighted by molar-refractivity contribution is -0.0888. The number of methoxy groups -OCH3 is 1. The molecule has 0 unspecified atom stereocenters. The van der Waals surface area contributed by atoms with E-state index in [1.165, 1.54) is 0 Å². The second-order valence-electron chi connectivity index (χ2n) is 2.87. The van der Waals surface area contributed by atoms with Gasteiger partial charge in [0, 0.05) is 12.1 Å². The summed E-state index contributed by atoms with van der Waals surface area (Å²) in [6.07, 6.45) is -5.12. The fourth-order valence-electron chi connectivity index (χ4n) is 1.12. The highest BCUT2D eigenvalue weighted by molar-refractivity contribution is 6.05. The molecule has 0 saturated heterocycles. The second kappa shape index (κ2) is 3.92. The molecule has 0 aliphatic rings. The SMILES string of the molecule is COc1cc(O)cc(O)c1C(=O)C(F)(F)F. The fraction of sp³-hybridized carbons (Fsp3) is 0.222. The Balaban J connectivity index is 3.38. The van der Waals surface area contributed by atoms with E-state index in [1.54, 1.807) is 0 Å². The van der Waals surface area contributed by atoms with Crippen molar-refractivity contribution >= 4 is 5.78 Å². The zero-order chi connectivity index (χ0) is 12.5. The highest BCUT2D eigenvalue weighted by Crippen LogP contribution is 2.36. The standard InChI is InChI=1S/C9H7F3O4/c1-16-6-3-4(13)2-5(14)7(6)8(15)9(10,11)12/h2-3,13-14H,1H3. The molecule has 0 heterocycles. The van der Waals surface area contributed by atoms with Crippen LogP contribution in [0.25, 0.3) is 0 Å². The van der Waals surface area contributed by atoms with Crippen LogP contribution >= 0.6 is 0 Å². The van der Waals surface area contributed by atoms with E-state index in [4.69, 9.17) is 5.11 Å². The van der Waals surface area contributed by atoms with Crippen LogP contribution in [0.3, 0.4) is 0 Å². The number of ketones is 1. The average molecular weight is 236 g/mol. The summed E-state index contributed by atoms with van der Waals surface area (Å²) in [5, 5.41) is 18.2. The van der Waals surface area contributed by atoms with E-state index < -0.39 is 34.8 Å². The third-order valence-electron chi connectivity index (χ3n) is 1.77. The topological polar surface area (TPSA) is 66.8 Å². The number of carbonyl (C=O) groups is 1. The molecule has 0 radical (unpaired) electrons. The molecule has 0 bridgehead atoms. The number of hydrogen-bond donors (Lipinski definition) is 2. The van der Waals surface area contributed by atoms with Crippen LogP contribution in [-0.4, -0.2) is 29.3 Å². The number of halogens is 3.